The zero-order valence-electron chi connectivity index (χ0n) is 15.3. The maximum atomic E-state index is 12.4. The lowest BCUT2D eigenvalue weighted by molar-refractivity contribution is 0.0927. The van der Waals surface area contributed by atoms with Gasteiger partial charge < -0.3 is 15.4 Å². The van der Waals surface area contributed by atoms with Crippen LogP contribution in [0.1, 0.15) is 48.0 Å². The Hall–Kier alpha value is -2.56. The molecule has 1 aromatic carbocycles. The van der Waals surface area contributed by atoms with E-state index >= 15 is 0 Å². The van der Waals surface area contributed by atoms with Gasteiger partial charge in [0.05, 0.1) is 18.4 Å². The Morgan fingerprint density at radius 3 is 2.85 bits per heavy atom. The summed E-state index contributed by atoms with van der Waals surface area (Å²) in [6, 6.07) is 10.2. The van der Waals surface area contributed by atoms with Crippen molar-refractivity contribution in [1.29, 1.82) is 0 Å². The zero-order valence-corrected chi connectivity index (χ0v) is 15.3. The first-order chi connectivity index (χ1) is 12.7. The number of anilines is 1. The smallest absolute Gasteiger partial charge is 0.253 e. The Kier molecular flexibility index (Phi) is 6.47. The van der Waals surface area contributed by atoms with Crippen LogP contribution in [-0.2, 0) is 6.42 Å². The summed E-state index contributed by atoms with van der Waals surface area (Å²) in [4.78, 5) is 16.6. The lowest BCUT2D eigenvalue weighted by Gasteiger charge is -2.22. The van der Waals surface area contributed by atoms with Gasteiger partial charge >= 0.3 is 0 Å². The highest BCUT2D eigenvalue weighted by Gasteiger charge is 2.17. The van der Waals surface area contributed by atoms with Gasteiger partial charge in [-0.25, -0.2) is 0 Å². The SMILES string of the molecule is COc1cccc(CCNc2cncc(C(=O)NC3CCCCC3)c2)c1. The number of amides is 1. The first-order valence-corrected chi connectivity index (χ1v) is 9.37. The molecule has 1 aliphatic carbocycles. The summed E-state index contributed by atoms with van der Waals surface area (Å²) in [7, 11) is 1.67. The molecule has 1 saturated carbocycles. The fraction of sp³-hybridized carbons (Fsp3) is 0.429. The highest BCUT2D eigenvalue weighted by Crippen LogP contribution is 2.18. The molecule has 0 atom stereocenters. The molecule has 5 nitrogen and oxygen atoms in total. The summed E-state index contributed by atoms with van der Waals surface area (Å²) < 4.78 is 5.25. The van der Waals surface area contributed by atoms with Crippen LogP contribution in [0.5, 0.6) is 5.75 Å². The predicted molar refractivity (Wildman–Crippen MR) is 104 cm³/mol. The Labute approximate surface area is 155 Å². The molecule has 0 saturated heterocycles. The second kappa shape index (κ2) is 9.22. The van der Waals surface area contributed by atoms with E-state index in [-0.39, 0.29) is 5.91 Å². The van der Waals surface area contributed by atoms with E-state index in [0.717, 1.165) is 37.2 Å². The molecule has 0 unspecified atom stereocenters. The molecule has 1 aliphatic rings. The van der Waals surface area contributed by atoms with Crippen molar-refractivity contribution in [3.63, 3.8) is 0 Å². The van der Waals surface area contributed by atoms with Crippen LogP contribution in [0.4, 0.5) is 5.69 Å². The van der Waals surface area contributed by atoms with Crippen LogP contribution in [0, 0.1) is 0 Å². The van der Waals surface area contributed by atoms with Gasteiger partial charge in [0.15, 0.2) is 0 Å². The molecule has 1 fully saturated rings. The van der Waals surface area contributed by atoms with Crippen LogP contribution >= 0.6 is 0 Å². The van der Waals surface area contributed by atoms with Gasteiger partial charge in [0.2, 0.25) is 0 Å². The molecule has 2 aromatic rings. The third-order valence-electron chi connectivity index (χ3n) is 4.82. The lowest BCUT2D eigenvalue weighted by atomic mass is 9.95. The summed E-state index contributed by atoms with van der Waals surface area (Å²) >= 11 is 0. The molecular formula is C21H27N3O2. The maximum Gasteiger partial charge on any atom is 0.253 e. The van der Waals surface area contributed by atoms with Crippen molar-refractivity contribution in [2.24, 2.45) is 0 Å². The normalized spacial score (nSPS) is 14.7. The number of nitrogens with one attached hydrogen (secondary N) is 2. The molecule has 3 rings (SSSR count). The van der Waals surface area contributed by atoms with Gasteiger partial charge in [-0.1, -0.05) is 31.4 Å². The monoisotopic (exact) mass is 353 g/mol. The summed E-state index contributed by atoms with van der Waals surface area (Å²) in [6.07, 6.45) is 10.1. The van der Waals surface area contributed by atoms with E-state index in [2.05, 4.69) is 21.7 Å². The van der Waals surface area contributed by atoms with E-state index < -0.39 is 0 Å². The van der Waals surface area contributed by atoms with Crippen molar-refractivity contribution in [2.75, 3.05) is 19.0 Å². The average molecular weight is 353 g/mol. The number of rotatable bonds is 7. The first-order valence-electron chi connectivity index (χ1n) is 9.37. The van der Waals surface area contributed by atoms with E-state index in [0.29, 0.717) is 11.6 Å². The van der Waals surface area contributed by atoms with Crippen molar-refractivity contribution >= 4 is 11.6 Å². The number of benzene rings is 1. The van der Waals surface area contributed by atoms with Crippen molar-refractivity contribution < 1.29 is 9.53 Å². The predicted octanol–water partition coefficient (Wildman–Crippen LogP) is 3.81. The zero-order chi connectivity index (χ0) is 18.2. The van der Waals surface area contributed by atoms with Crippen molar-refractivity contribution in [2.45, 2.75) is 44.6 Å². The Bertz CT molecular complexity index is 727. The van der Waals surface area contributed by atoms with Crippen LogP contribution in [0.25, 0.3) is 0 Å². The first kappa shape index (κ1) is 18.2. The molecule has 0 radical (unpaired) electrons. The number of aromatic nitrogens is 1. The van der Waals surface area contributed by atoms with E-state index in [4.69, 9.17) is 4.74 Å². The average Bonchev–Trinajstić information content (AvgIpc) is 2.69. The van der Waals surface area contributed by atoms with Crippen LogP contribution in [0.3, 0.4) is 0 Å². The highest BCUT2D eigenvalue weighted by atomic mass is 16.5. The second-order valence-electron chi connectivity index (χ2n) is 6.80. The molecule has 1 amide bonds. The van der Waals surface area contributed by atoms with E-state index in [1.807, 2.05) is 24.3 Å². The molecule has 5 heteroatoms. The third-order valence-corrected chi connectivity index (χ3v) is 4.82. The molecule has 138 valence electrons. The molecule has 0 spiro atoms. The largest absolute Gasteiger partial charge is 0.497 e. The van der Waals surface area contributed by atoms with Gasteiger partial charge in [-0.15, -0.1) is 0 Å². The van der Waals surface area contributed by atoms with E-state index in [1.165, 1.54) is 24.8 Å². The summed E-state index contributed by atoms with van der Waals surface area (Å²) in [6.45, 7) is 0.766. The lowest BCUT2D eigenvalue weighted by Crippen LogP contribution is -2.36. The van der Waals surface area contributed by atoms with Crippen LogP contribution in [-0.4, -0.2) is 30.6 Å². The number of hydrogen-bond donors (Lipinski definition) is 2. The van der Waals surface area contributed by atoms with Crippen molar-refractivity contribution in [1.82, 2.24) is 10.3 Å². The van der Waals surface area contributed by atoms with Gasteiger partial charge in [0.1, 0.15) is 5.75 Å². The fourth-order valence-corrected chi connectivity index (χ4v) is 3.36. The number of hydrogen-bond acceptors (Lipinski definition) is 4. The number of ether oxygens (including phenoxy) is 1. The molecule has 2 N–H and O–H groups in total. The Morgan fingerprint density at radius 2 is 2.04 bits per heavy atom. The Balaban J connectivity index is 1.52. The minimum atomic E-state index is -0.0270. The Morgan fingerprint density at radius 1 is 1.19 bits per heavy atom. The van der Waals surface area contributed by atoms with Crippen molar-refractivity contribution in [3.05, 3.63) is 53.9 Å². The second-order valence-corrected chi connectivity index (χ2v) is 6.80. The minimum absolute atomic E-state index is 0.0270. The minimum Gasteiger partial charge on any atom is -0.497 e. The summed E-state index contributed by atoms with van der Waals surface area (Å²) in [5.74, 6) is 0.839. The molecule has 26 heavy (non-hydrogen) atoms. The number of nitrogens with zero attached hydrogens (tertiary/aromatic N) is 1. The standard InChI is InChI=1S/C21H27N3O2/c1-26-20-9-5-6-16(12-20)10-11-23-19-13-17(14-22-15-19)21(25)24-18-7-3-2-4-8-18/h5-6,9,12-15,18,23H,2-4,7-8,10-11H2,1H3,(H,24,25). The number of carbonyl (C=O) groups excluding carboxylic acids is 1. The van der Waals surface area contributed by atoms with E-state index in [1.54, 1.807) is 19.5 Å². The molecule has 0 aliphatic heterocycles. The molecule has 0 bridgehead atoms. The van der Waals surface area contributed by atoms with Gasteiger partial charge in [-0.2, -0.15) is 0 Å². The maximum absolute atomic E-state index is 12.4. The number of pyridine rings is 1. The van der Waals surface area contributed by atoms with Crippen LogP contribution in [0.2, 0.25) is 0 Å². The quantitative estimate of drug-likeness (QED) is 0.794. The third kappa shape index (κ3) is 5.22. The van der Waals surface area contributed by atoms with Crippen molar-refractivity contribution in [3.8, 4) is 5.75 Å². The van der Waals surface area contributed by atoms with Crippen LogP contribution in [0.15, 0.2) is 42.7 Å². The van der Waals surface area contributed by atoms with Crippen LogP contribution < -0.4 is 15.4 Å². The number of methoxy groups -OCH3 is 1. The fourth-order valence-electron chi connectivity index (χ4n) is 3.36. The van der Waals surface area contributed by atoms with E-state index in [9.17, 15) is 4.79 Å². The molecule has 1 aromatic heterocycles. The van der Waals surface area contributed by atoms with Gasteiger partial charge in [0.25, 0.3) is 5.91 Å². The molecular weight excluding hydrogens is 326 g/mol. The topological polar surface area (TPSA) is 63.2 Å². The van der Waals surface area contributed by atoms with Gasteiger partial charge in [0, 0.05) is 25.0 Å². The summed E-state index contributed by atoms with van der Waals surface area (Å²) in [5, 5.41) is 6.48. The van der Waals surface area contributed by atoms with Gasteiger partial charge in [-0.3, -0.25) is 9.78 Å². The molecule has 1 heterocycles. The highest BCUT2D eigenvalue weighted by molar-refractivity contribution is 5.94. The number of carbonyl (C=O) groups is 1. The van der Waals surface area contributed by atoms with Gasteiger partial charge in [-0.05, 0) is 43.0 Å². The summed E-state index contributed by atoms with van der Waals surface area (Å²) in [5.41, 5.74) is 2.68.